The number of piperidine rings is 1. The number of nitrogens with zero attached hydrogens (tertiary/aromatic N) is 1. The van der Waals surface area contributed by atoms with Crippen LogP contribution in [0.4, 0.5) is 0 Å². The lowest BCUT2D eigenvalue weighted by Gasteiger charge is -2.37. The van der Waals surface area contributed by atoms with E-state index in [1.54, 1.807) is 0 Å². The zero-order valence-corrected chi connectivity index (χ0v) is 16.7. The number of rotatable bonds is 9. The van der Waals surface area contributed by atoms with E-state index >= 15 is 0 Å². The van der Waals surface area contributed by atoms with E-state index in [1.807, 2.05) is 24.3 Å². The van der Waals surface area contributed by atoms with Crippen molar-refractivity contribution >= 4 is 5.97 Å². The maximum absolute atomic E-state index is 11.3. The van der Waals surface area contributed by atoms with E-state index in [0.29, 0.717) is 6.61 Å². The number of aliphatic carboxylic acids is 1. The Hall–Kier alpha value is -2.33. The molecule has 0 bridgehead atoms. The van der Waals surface area contributed by atoms with Crippen molar-refractivity contribution in [2.45, 2.75) is 51.7 Å². The van der Waals surface area contributed by atoms with Crippen LogP contribution in [0.3, 0.4) is 0 Å². The van der Waals surface area contributed by atoms with Crippen LogP contribution in [0.5, 0.6) is 5.75 Å². The van der Waals surface area contributed by atoms with Gasteiger partial charge in [-0.2, -0.15) is 0 Å². The first-order valence-corrected chi connectivity index (χ1v) is 10.4. The van der Waals surface area contributed by atoms with Crippen LogP contribution < -0.4 is 4.74 Å². The van der Waals surface area contributed by atoms with E-state index in [0.717, 1.165) is 56.5 Å². The molecular formula is C24H31NO3. The highest BCUT2D eigenvalue weighted by molar-refractivity contribution is 5.70. The Morgan fingerprint density at radius 1 is 1.11 bits per heavy atom. The third-order valence-electron chi connectivity index (χ3n) is 5.67. The first-order valence-electron chi connectivity index (χ1n) is 10.4. The van der Waals surface area contributed by atoms with Gasteiger partial charge in [-0.05, 0) is 44.0 Å². The lowest BCUT2D eigenvalue weighted by molar-refractivity contribution is -0.143. The Balaban J connectivity index is 1.75. The lowest BCUT2D eigenvalue weighted by Crippen LogP contribution is -2.39. The summed E-state index contributed by atoms with van der Waals surface area (Å²) in [6.07, 6.45) is 4.82. The number of carboxylic acids is 1. The highest BCUT2D eigenvalue weighted by Gasteiger charge is 2.30. The van der Waals surface area contributed by atoms with E-state index in [4.69, 9.17) is 4.74 Å². The van der Waals surface area contributed by atoms with Gasteiger partial charge in [0, 0.05) is 11.6 Å². The zero-order valence-electron chi connectivity index (χ0n) is 16.7. The van der Waals surface area contributed by atoms with Gasteiger partial charge in [-0.15, -0.1) is 0 Å². The summed E-state index contributed by atoms with van der Waals surface area (Å²) in [4.78, 5) is 13.8. The van der Waals surface area contributed by atoms with Crippen LogP contribution in [0.2, 0.25) is 0 Å². The molecule has 1 atom stereocenters. The predicted octanol–water partition coefficient (Wildman–Crippen LogP) is 5.29. The summed E-state index contributed by atoms with van der Waals surface area (Å²) in [5.74, 6) is 0.0804. The molecule has 0 saturated carbocycles. The number of unbranched alkanes of at least 4 members (excludes halogenated alkanes) is 1. The number of ether oxygens (including phenoxy) is 1. The molecule has 2 aromatic rings. The fraction of sp³-hybridized carbons (Fsp3) is 0.458. The van der Waals surface area contributed by atoms with Gasteiger partial charge in [-0.3, -0.25) is 9.69 Å². The first-order chi connectivity index (χ1) is 13.7. The molecule has 1 heterocycles. The largest absolute Gasteiger partial charge is 0.489 e. The molecule has 2 aromatic carbocycles. The minimum atomic E-state index is -0.656. The summed E-state index contributed by atoms with van der Waals surface area (Å²) < 4.78 is 6.21. The van der Waals surface area contributed by atoms with Crippen molar-refractivity contribution in [2.75, 3.05) is 13.1 Å². The Bertz CT molecular complexity index is 739. The Morgan fingerprint density at radius 2 is 1.79 bits per heavy atom. The third-order valence-corrected chi connectivity index (χ3v) is 5.67. The molecule has 1 unspecified atom stereocenters. The van der Waals surface area contributed by atoms with Crippen LogP contribution in [0.1, 0.15) is 56.2 Å². The maximum Gasteiger partial charge on any atom is 0.306 e. The topological polar surface area (TPSA) is 49.8 Å². The number of para-hydroxylation sites is 1. The van der Waals surface area contributed by atoms with Crippen LogP contribution in [-0.4, -0.2) is 29.1 Å². The van der Waals surface area contributed by atoms with E-state index in [9.17, 15) is 9.90 Å². The number of benzene rings is 2. The molecule has 4 heteroatoms. The molecule has 0 aliphatic carbocycles. The van der Waals surface area contributed by atoms with Gasteiger partial charge in [0.1, 0.15) is 12.4 Å². The monoisotopic (exact) mass is 381 g/mol. The molecule has 4 nitrogen and oxygen atoms in total. The van der Waals surface area contributed by atoms with Crippen molar-refractivity contribution in [3.8, 4) is 5.75 Å². The normalized spacial score (nSPS) is 16.6. The van der Waals surface area contributed by atoms with Crippen LogP contribution >= 0.6 is 0 Å². The van der Waals surface area contributed by atoms with Crippen molar-refractivity contribution in [2.24, 2.45) is 5.92 Å². The molecule has 1 aliphatic heterocycles. The molecule has 28 heavy (non-hydrogen) atoms. The molecule has 0 amide bonds. The molecule has 1 saturated heterocycles. The Morgan fingerprint density at radius 3 is 2.46 bits per heavy atom. The Labute approximate surface area is 168 Å². The molecular weight excluding hydrogens is 350 g/mol. The SMILES string of the molecule is CCCCC(c1ccccc1OCc1ccccc1)N1CCC(C(=O)O)CC1. The highest BCUT2D eigenvalue weighted by atomic mass is 16.5. The molecule has 0 spiro atoms. The molecule has 0 aromatic heterocycles. The number of likely N-dealkylation sites (tertiary alicyclic amines) is 1. The van der Waals surface area contributed by atoms with E-state index in [2.05, 4.69) is 42.2 Å². The first kappa shape index (κ1) is 20.4. The quantitative estimate of drug-likeness (QED) is 0.641. The fourth-order valence-corrected chi connectivity index (χ4v) is 4.01. The number of hydrogen-bond acceptors (Lipinski definition) is 3. The van der Waals surface area contributed by atoms with Crippen LogP contribution in [0, 0.1) is 5.92 Å². The highest BCUT2D eigenvalue weighted by Crippen LogP contribution is 2.36. The van der Waals surface area contributed by atoms with Gasteiger partial charge < -0.3 is 9.84 Å². The summed E-state index contributed by atoms with van der Waals surface area (Å²) in [6, 6.07) is 18.8. The number of carboxylic acid groups (broad SMARTS) is 1. The molecule has 150 valence electrons. The van der Waals surface area contributed by atoms with Gasteiger partial charge >= 0.3 is 5.97 Å². The summed E-state index contributed by atoms with van der Waals surface area (Å²) in [6.45, 7) is 4.43. The predicted molar refractivity (Wildman–Crippen MR) is 111 cm³/mol. The summed E-state index contributed by atoms with van der Waals surface area (Å²) in [5, 5.41) is 9.31. The molecule has 1 N–H and O–H groups in total. The van der Waals surface area contributed by atoms with Crippen LogP contribution in [0.25, 0.3) is 0 Å². The van der Waals surface area contributed by atoms with Gasteiger partial charge in [-0.25, -0.2) is 0 Å². The average molecular weight is 382 g/mol. The fourth-order valence-electron chi connectivity index (χ4n) is 4.01. The maximum atomic E-state index is 11.3. The second-order valence-corrected chi connectivity index (χ2v) is 7.62. The zero-order chi connectivity index (χ0) is 19.8. The smallest absolute Gasteiger partial charge is 0.306 e. The van der Waals surface area contributed by atoms with Crippen molar-refractivity contribution in [3.05, 3.63) is 65.7 Å². The van der Waals surface area contributed by atoms with Gasteiger partial charge in [0.25, 0.3) is 0 Å². The lowest BCUT2D eigenvalue weighted by atomic mass is 9.92. The van der Waals surface area contributed by atoms with Crippen molar-refractivity contribution in [3.63, 3.8) is 0 Å². The van der Waals surface area contributed by atoms with Crippen molar-refractivity contribution in [1.82, 2.24) is 4.90 Å². The van der Waals surface area contributed by atoms with Gasteiger partial charge in [0.2, 0.25) is 0 Å². The van der Waals surface area contributed by atoms with Crippen molar-refractivity contribution in [1.29, 1.82) is 0 Å². The second-order valence-electron chi connectivity index (χ2n) is 7.62. The van der Waals surface area contributed by atoms with Crippen molar-refractivity contribution < 1.29 is 14.6 Å². The van der Waals surface area contributed by atoms with Gasteiger partial charge in [0.05, 0.1) is 5.92 Å². The van der Waals surface area contributed by atoms with E-state index < -0.39 is 5.97 Å². The van der Waals surface area contributed by atoms with Crippen LogP contribution in [0.15, 0.2) is 54.6 Å². The number of hydrogen-bond donors (Lipinski definition) is 1. The van der Waals surface area contributed by atoms with Crippen LogP contribution in [-0.2, 0) is 11.4 Å². The summed E-state index contributed by atoms with van der Waals surface area (Å²) in [5.41, 5.74) is 2.38. The second kappa shape index (κ2) is 10.3. The minimum absolute atomic E-state index is 0.201. The van der Waals surface area contributed by atoms with E-state index in [-0.39, 0.29) is 12.0 Å². The molecule has 1 aliphatic rings. The summed E-state index contributed by atoms with van der Waals surface area (Å²) >= 11 is 0. The molecule has 1 fully saturated rings. The summed E-state index contributed by atoms with van der Waals surface area (Å²) in [7, 11) is 0. The number of carbonyl (C=O) groups is 1. The molecule has 0 radical (unpaired) electrons. The Kier molecular flexibility index (Phi) is 7.49. The van der Waals surface area contributed by atoms with Gasteiger partial charge in [-0.1, -0.05) is 68.3 Å². The standard InChI is InChI=1S/C24H31NO3/c1-2-3-12-22(25-16-14-20(15-17-25)24(26)27)21-11-7-8-13-23(21)28-18-19-9-5-4-6-10-19/h4-11,13,20,22H,2-3,12,14-18H2,1H3,(H,26,27). The third kappa shape index (κ3) is 5.35. The minimum Gasteiger partial charge on any atom is -0.489 e. The molecule has 3 rings (SSSR count). The average Bonchev–Trinajstić information content (AvgIpc) is 2.74. The van der Waals surface area contributed by atoms with E-state index in [1.165, 1.54) is 5.56 Å². The van der Waals surface area contributed by atoms with Gasteiger partial charge in [0.15, 0.2) is 0 Å².